The summed E-state index contributed by atoms with van der Waals surface area (Å²) in [4.78, 5) is 2.23. The summed E-state index contributed by atoms with van der Waals surface area (Å²) in [7, 11) is 4.25. The zero-order chi connectivity index (χ0) is 19.5. The first kappa shape index (κ1) is 25.7. The van der Waals surface area contributed by atoms with E-state index in [9.17, 15) is 0 Å². The van der Waals surface area contributed by atoms with Crippen LogP contribution in [0.1, 0.15) is 110 Å². The van der Waals surface area contributed by atoms with E-state index in [0.29, 0.717) is 0 Å². The van der Waals surface area contributed by atoms with E-state index in [-0.39, 0.29) is 5.41 Å². The van der Waals surface area contributed by atoms with Crippen molar-refractivity contribution in [2.75, 3.05) is 20.6 Å². The highest BCUT2D eigenvalue weighted by Crippen LogP contribution is 2.27. The molecule has 0 saturated carbocycles. The van der Waals surface area contributed by atoms with E-state index in [1.165, 1.54) is 96.3 Å². The first-order valence-electron chi connectivity index (χ1n) is 11.5. The average Bonchev–Trinajstić information content (AvgIpc) is 2.60. The van der Waals surface area contributed by atoms with E-state index >= 15 is 0 Å². The van der Waals surface area contributed by atoms with E-state index in [2.05, 4.69) is 51.9 Å². The predicted molar refractivity (Wildman–Crippen MR) is 120 cm³/mol. The van der Waals surface area contributed by atoms with Gasteiger partial charge in [0.25, 0.3) is 0 Å². The molecule has 0 heterocycles. The molecule has 0 unspecified atom stereocenters. The van der Waals surface area contributed by atoms with Gasteiger partial charge in [0.1, 0.15) is 0 Å². The van der Waals surface area contributed by atoms with Crippen molar-refractivity contribution in [1.29, 1.82) is 0 Å². The maximum atomic E-state index is 4.30. The molecule has 154 valence electrons. The summed E-state index contributed by atoms with van der Waals surface area (Å²) in [5.74, 6) is 0. The molecule has 1 heteroatoms. The Hall–Kier alpha value is -0.300. The van der Waals surface area contributed by atoms with Crippen LogP contribution in [0.4, 0.5) is 0 Å². The third-order valence-corrected chi connectivity index (χ3v) is 5.31. The molecular formula is C25H49N. The topological polar surface area (TPSA) is 3.24 Å². The van der Waals surface area contributed by atoms with Gasteiger partial charge in [-0.05, 0) is 78.4 Å². The Kier molecular flexibility index (Phi) is 17.9. The normalized spacial score (nSPS) is 12.5. The van der Waals surface area contributed by atoms with Gasteiger partial charge in [0.2, 0.25) is 0 Å². The second-order valence-electron chi connectivity index (χ2n) is 8.74. The zero-order valence-electron chi connectivity index (χ0n) is 18.5. The van der Waals surface area contributed by atoms with Gasteiger partial charge < -0.3 is 4.90 Å². The maximum Gasteiger partial charge on any atom is -0.00195 e. The van der Waals surface area contributed by atoms with Crippen LogP contribution in [0.5, 0.6) is 0 Å². The molecule has 0 spiro atoms. The smallest absolute Gasteiger partial charge is 0.00195 e. The van der Waals surface area contributed by atoms with Crippen molar-refractivity contribution in [2.24, 2.45) is 5.41 Å². The Morgan fingerprint density at radius 2 is 1.12 bits per heavy atom. The van der Waals surface area contributed by atoms with E-state index < -0.39 is 0 Å². The van der Waals surface area contributed by atoms with Gasteiger partial charge in [-0.15, -0.1) is 0 Å². The monoisotopic (exact) mass is 363 g/mol. The first-order valence-corrected chi connectivity index (χ1v) is 11.5. The van der Waals surface area contributed by atoms with Gasteiger partial charge in [0, 0.05) is 0 Å². The number of unbranched alkanes of at least 4 members (excludes halogenated alkanes) is 12. The standard InChI is InChI=1S/C25H49N/c1-6-7-8-9-10-11-12-13-14-15-16-17-18-19-20-21-22-25(2,3)23-24-26(4)5/h13-14H,2-3,6-12,15-24H2,1,4-5H3/b14-13-. The third-order valence-electron chi connectivity index (χ3n) is 5.31. The van der Waals surface area contributed by atoms with E-state index in [0.717, 1.165) is 13.0 Å². The van der Waals surface area contributed by atoms with Crippen LogP contribution >= 0.6 is 0 Å². The highest BCUT2D eigenvalue weighted by atomic mass is 15.0. The molecule has 0 aliphatic rings. The Morgan fingerprint density at radius 3 is 1.62 bits per heavy atom. The second-order valence-corrected chi connectivity index (χ2v) is 8.74. The summed E-state index contributed by atoms with van der Waals surface area (Å²) >= 11 is 0. The van der Waals surface area contributed by atoms with Crippen LogP contribution in [0, 0.1) is 19.3 Å². The summed E-state index contributed by atoms with van der Waals surface area (Å²) in [6.45, 7) is 12.0. The first-order chi connectivity index (χ1) is 12.5. The number of hydrogen-bond acceptors (Lipinski definition) is 1. The second kappa shape index (κ2) is 18.1. The lowest BCUT2D eigenvalue weighted by Crippen LogP contribution is -2.22. The Balaban J connectivity index is 3.29. The minimum Gasteiger partial charge on any atom is -0.309 e. The minimum absolute atomic E-state index is 0.0189. The molecule has 0 aromatic rings. The van der Waals surface area contributed by atoms with Crippen molar-refractivity contribution in [3.05, 3.63) is 26.0 Å². The van der Waals surface area contributed by atoms with Gasteiger partial charge in [-0.25, -0.2) is 0 Å². The predicted octanol–water partition coefficient (Wildman–Crippen LogP) is 8.02. The molecule has 0 bridgehead atoms. The van der Waals surface area contributed by atoms with Crippen LogP contribution in [-0.4, -0.2) is 25.5 Å². The molecule has 0 amide bonds. The fraction of sp³-hybridized carbons (Fsp3) is 0.840. The van der Waals surface area contributed by atoms with E-state index in [4.69, 9.17) is 0 Å². The van der Waals surface area contributed by atoms with Crippen molar-refractivity contribution >= 4 is 0 Å². The molecule has 0 aromatic carbocycles. The van der Waals surface area contributed by atoms with Crippen molar-refractivity contribution in [3.8, 4) is 0 Å². The molecule has 0 aromatic heterocycles. The number of nitrogens with zero attached hydrogens (tertiary/aromatic N) is 1. The van der Waals surface area contributed by atoms with Crippen LogP contribution in [-0.2, 0) is 0 Å². The summed E-state index contributed by atoms with van der Waals surface area (Å²) < 4.78 is 0. The SMILES string of the molecule is [CH2]C([CH2])(CCCCCCCC/C=C\CCCCCCCC)CCN(C)C. The highest BCUT2D eigenvalue weighted by molar-refractivity contribution is 4.85. The quantitative estimate of drug-likeness (QED) is 0.166. The average molecular weight is 364 g/mol. The molecular weight excluding hydrogens is 314 g/mol. The number of rotatable bonds is 19. The molecule has 0 saturated heterocycles. The fourth-order valence-electron chi connectivity index (χ4n) is 3.33. The Labute approximate surface area is 167 Å². The van der Waals surface area contributed by atoms with Crippen LogP contribution in [0.2, 0.25) is 0 Å². The van der Waals surface area contributed by atoms with E-state index in [1.54, 1.807) is 0 Å². The van der Waals surface area contributed by atoms with Crippen molar-refractivity contribution in [3.63, 3.8) is 0 Å². The van der Waals surface area contributed by atoms with Gasteiger partial charge in [-0.1, -0.05) is 83.3 Å². The molecule has 2 radical (unpaired) electrons. The molecule has 0 rings (SSSR count). The lowest BCUT2D eigenvalue weighted by atomic mass is 9.83. The van der Waals surface area contributed by atoms with Crippen LogP contribution < -0.4 is 0 Å². The van der Waals surface area contributed by atoms with Gasteiger partial charge in [0.05, 0.1) is 0 Å². The largest absolute Gasteiger partial charge is 0.309 e. The fourth-order valence-corrected chi connectivity index (χ4v) is 3.33. The van der Waals surface area contributed by atoms with Crippen LogP contribution in [0.3, 0.4) is 0 Å². The summed E-state index contributed by atoms with van der Waals surface area (Å²) in [5.41, 5.74) is 0.0189. The molecule has 0 fully saturated rings. The van der Waals surface area contributed by atoms with E-state index in [1.807, 2.05) is 0 Å². The summed E-state index contributed by atoms with van der Waals surface area (Å²) in [6, 6.07) is 0. The maximum absolute atomic E-state index is 4.30. The van der Waals surface area contributed by atoms with Gasteiger partial charge in [-0.2, -0.15) is 0 Å². The minimum atomic E-state index is 0.0189. The van der Waals surface area contributed by atoms with Gasteiger partial charge in [-0.3, -0.25) is 0 Å². The number of allylic oxidation sites excluding steroid dienone is 2. The lowest BCUT2D eigenvalue weighted by Gasteiger charge is -2.26. The van der Waals surface area contributed by atoms with Crippen LogP contribution in [0.15, 0.2) is 12.2 Å². The van der Waals surface area contributed by atoms with Crippen molar-refractivity contribution in [1.82, 2.24) is 4.90 Å². The third kappa shape index (κ3) is 20.0. The van der Waals surface area contributed by atoms with Crippen molar-refractivity contribution in [2.45, 2.75) is 110 Å². The molecule has 0 aliphatic heterocycles. The summed E-state index contributed by atoms with van der Waals surface area (Å²) in [5, 5.41) is 0. The number of hydrogen-bond donors (Lipinski definition) is 0. The Bertz CT molecular complexity index is 303. The zero-order valence-corrected chi connectivity index (χ0v) is 18.5. The van der Waals surface area contributed by atoms with Crippen LogP contribution in [0.25, 0.3) is 0 Å². The molecule has 0 N–H and O–H groups in total. The molecule has 1 nitrogen and oxygen atoms in total. The molecule has 0 aliphatic carbocycles. The summed E-state index contributed by atoms with van der Waals surface area (Å²) in [6.07, 6.45) is 26.3. The van der Waals surface area contributed by atoms with Crippen molar-refractivity contribution < 1.29 is 0 Å². The Morgan fingerprint density at radius 1 is 0.654 bits per heavy atom. The molecule has 26 heavy (non-hydrogen) atoms. The lowest BCUT2D eigenvalue weighted by molar-refractivity contribution is 0.307. The van der Waals surface area contributed by atoms with Gasteiger partial charge in [0.15, 0.2) is 0 Å². The highest BCUT2D eigenvalue weighted by Gasteiger charge is 2.17. The molecule has 0 atom stereocenters. The van der Waals surface area contributed by atoms with Gasteiger partial charge >= 0.3 is 0 Å².